The maximum Gasteiger partial charge on any atom is 0.290 e. The fourth-order valence-electron chi connectivity index (χ4n) is 6.69. The molecule has 4 rings (SSSR count). The van der Waals surface area contributed by atoms with Crippen LogP contribution in [0.25, 0.3) is 6.08 Å². The van der Waals surface area contributed by atoms with Crippen LogP contribution in [0.15, 0.2) is 53.9 Å². The van der Waals surface area contributed by atoms with Crippen LogP contribution in [-0.2, 0) is 54.9 Å². The minimum Gasteiger partial charge on any atom is -0.508 e. The van der Waals surface area contributed by atoms with Crippen LogP contribution < -0.4 is 42.5 Å². The number of carbonyl (C=O) groups is 9. The average molecular weight is 1010 g/mol. The zero-order valence-corrected chi connectivity index (χ0v) is 39.9. The van der Waals surface area contributed by atoms with Crippen molar-refractivity contribution < 1.29 is 71.4 Å². The Bertz CT molecular complexity index is 2590. The Morgan fingerprint density at radius 1 is 0.843 bits per heavy atom. The Balaban J connectivity index is 1.67. The fraction of sp³-hybridized carbons (Fsp3) is 0.409. The van der Waals surface area contributed by atoms with Crippen molar-refractivity contribution in [2.24, 2.45) is 5.92 Å². The van der Waals surface area contributed by atoms with E-state index in [2.05, 4.69) is 47.5 Å². The number of hydrogen-bond donors (Lipinski definition) is 12. The zero-order chi connectivity index (χ0) is 51.9. The van der Waals surface area contributed by atoms with Gasteiger partial charge in [0.2, 0.25) is 41.2 Å². The summed E-state index contributed by atoms with van der Waals surface area (Å²) in [6.45, 7) is 4.61. The summed E-state index contributed by atoms with van der Waals surface area (Å²) in [6.07, 6.45) is 2.65. The van der Waals surface area contributed by atoms with E-state index in [1.54, 1.807) is 32.9 Å². The molecule has 0 saturated carbocycles. The van der Waals surface area contributed by atoms with Crippen LogP contribution in [0.4, 0.5) is 0 Å². The maximum atomic E-state index is 14.1. The van der Waals surface area contributed by atoms with Gasteiger partial charge in [-0.1, -0.05) is 45.7 Å². The van der Waals surface area contributed by atoms with Crippen LogP contribution in [0.3, 0.4) is 0 Å². The molecule has 378 valence electrons. The number of nitrogens with one attached hydrogen (secondary N) is 8. The summed E-state index contributed by atoms with van der Waals surface area (Å²) in [7, 11) is -4.96. The number of hydrogen-bond acceptors (Lipinski definition) is 16. The molecule has 1 aromatic heterocycles. The predicted molar refractivity (Wildman–Crippen MR) is 250 cm³/mol. The van der Waals surface area contributed by atoms with E-state index >= 15 is 0 Å². The largest absolute Gasteiger partial charge is 0.508 e. The van der Waals surface area contributed by atoms with Gasteiger partial charge in [0.25, 0.3) is 21.9 Å². The first-order valence-corrected chi connectivity index (χ1v) is 24.3. The summed E-state index contributed by atoms with van der Waals surface area (Å²) in [6, 6.07) is 0.00555. The molecule has 24 nitrogen and oxygen atoms in total. The Labute approximate surface area is 405 Å². The average Bonchev–Trinajstić information content (AvgIpc) is 3.79. The number of carbonyl (C=O) groups excluding carboxylic acids is 9. The number of thiazole rings is 1. The number of nitrogens with zero attached hydrogens (tertiary/aromatic N) is 1. The van der Waals surface area contributed by atoms with E-state index in [0.29, 0.717) is 12.0 Å². The topological polar surface area (TPSA) is 378 Å². The molecule has 2 aromatic carbocycles. The lowest BCUT2D eigenvalue weighted by Crippen LogP contribution is -2.61. The minimum absolute atomic E-state index is 0.0281. The molecule has 0 fully saturated rings. The minimum atomic E-state index is -4.96. The summed E-state index contributed by atoms with van der Waals surface area (Å²) >= 11 is 1.04. The molecule has 0 spiro atoms. The number of phenolic OH excluding ortho intramolecular Hbond substituents is 3. The first-order chi connectivity index (χ1) is 33.0. The summed E-state index contributed by atoms with van der Waals surface area (Å²) in [4.78, 5) is 126. The second kappa shape index (κ2) is 25.2. The highest BCUT2D eigenvalue weighted by Gasteiger charge is 2.36. The van der Waals surface area contributed by atoms with Gasteiger partial charge >= 0.3 is 0 Å². The Hall–Kier alpha value is -7.45. The van der Waals surface area contributed by atoms with Gasteiger partial charge in [0.1, 0.15) is 52.2 Å². The molecule has 7 atom stereocenters. The highest BCUT2D eigenvalue weighted by Crippen LogP contribution is 2.25. The van der Waals surface area contributed by atoms with Gasteiger partial charge in [-0.3, -0.25) is 47.7 Å². The van der Waals surface area contributed by atoms with Gasteiger partial charge in [0.05, 0.1) is 29.9 Å². The van der Waals surface area contributed by atoms with E-state index in [4.69, 9.17) is 0 Å². The number of aromatic nitrogens is 1. The van der Waals surface area contributed by atoms with Gasteiger partial charge in [-0.05, 0) is 67.7 Å². The number of ketones is 1. The van der Waals surface area contributed by atoms with Crippen molar-refractivity contribution in [2.45, 2.75) is 89.6 Å². The number of amides is 8. The lowest BCUT2D eigenvalue weighted by atomic mass is 9.94. The maximum absolute atomic E-state index is 14.1. The molecule has 0 radical (unpaired) electrons. The molecule has 0 aliphatic carbocycles. The van der Waals surface area contributed by atoms with Crippen LogP contribution in [0, 0.1) is 5.92 Å². The summed E-state index contributed by atoms with van der Waals surface area (Å²) in [5.74, 6) is -12.3. The Morgan fingerprint density at radius 2 is 1.53 bits per heavy atom. The van der Waals surface area contributed by atoms with Crippen molar-refractivity contribution >= 4 is 80.6 Å². The molecule has 1 aliphatic rings. The van der Waals surface area contributed by atoms with Gasteiger partial charge < -0.3 is 57.9 Å². The van der Waals surface area contributed by atoms with Crippen LogP contribution in [0.2, 0.25) is 0 Å². The van der Waals surface area contributed by atoms with Gasteiger partial charge in [0.15, 0.2) is 0 Å². The van der Waals surface area contributed by atoms with E-state index < -0.39 is 130 Å². The normalized spacial score (nSPS) is 21.1. The third-order valence-corrected chi connectivity index (χ3v) is 12.4. The Kier molecular flexibility index (Phi) is 19.9. The molecule has 2 bridgehead atoms. The summed E-state index contributed by atoms with van der Waals surface area (Å²) in [5.41, 5.74) is 0.409. The second-order valence-corrected chi connectivity index (χ2v) is 18.6. The molecule has 8 amide bonds. The van der Waals surface area contributed by atoms with E-state index in [9.17, 15) is 71.4 Å². The summed E-state index contributed by atoms with van der Waals surface area (Å²) < 4.78 is 33.7. The predicted octanol–water partition coefficient (Wildman–Crippen LogP) is -1.02. The molecule has 3 aromatic rings. The number of Topliss-reactive ketones (excluding diaryl/α,β-unsaturated/α-hetero) is 1. The number of rotatable bonds is 14. The zero-order valence-electron chi connectivity index (χ0n) is 38.3. The number of aromatic hydroxyl groups is 3. The van der Waals surface area contributed by atoms with Crippen molar-refractivity contribution in [1.29, 1.82) is 0 Å². The summed E-state index contributed by atoms with van der Waals surface area (Å²) in [5, 5.41) is 50.2. The molecule has 12 N–H and O–H groups in total. The highest BCUT2D eigenvalue weighted by atomic mass is 32.2. The van der Waals surface area contributed by atoms with Crippen LogP contribution >= 0.6 is 11.3 Å². The third-order valence-electron chi connectivity index (χ3n) is 10.7. The smallest absolute Gasteiger partial charge is 0.290 e. The first kappa shape index (κ1) is 55.1. The lowest BCUT2D eigenvalue weighted by molar-refractivity contribution is -0.141. The first-order valence-electron chi connectivity index (χ1n) is 21.8. The van der Waals surface area contributed by atoms with Crippen LogP contribution in [0.5, 0.6) is 17.2 Å². The molecule has 70 heavy (non-hydrogen) atoms. The molecular weight excluding hydrogens is 959 g/mol. The van der Waals surface area contributed by atoms with E-state index in [1.165, 1.54) is 30.5 Å². The van der Waals surface area contributed by atoms with Gasteiger partial charge in [-0.25, -0.2) is 4.98 Å². The molecule has 0 saturated heterocycles. The van der Waals surface area contributed by atoms with E-state index in [0.717, 1.165) is 35.6 Å². The highest BCUT2D eigenvalue weighted by molar-refractivity contribution is 7.85. The number of benzene rings is 2. The van der Waals surface area contributed by atoms with Gasteiger partial charge in [-0.15, -0.1) is 11.3 Å². The number of phenols is 3. The molecule has 1 unspecified atom stereocenters. The van der Waals surface area contributed by atoms with Gasteiger partial charge in [-0.2, -0.15) is 8.42 Å². The lowest BCUT2D eigenvalue weighted by Gasteiger charge is -2.28. The van der Waals surface area contributed by atoms with Crippen molar-refractivity contribution in [1.82, 2.24) is 47.5 Å². The molecule has 1 aliphatic heterocycles. The quantitative estimate of drug-likeness (QED) is 0.0522. The van der Waals surface area contributed by atoms with Crippen molar-refractivity contribution in [3.63, 3.8) is 0 Å². The third kappa shape index (κ3) is 16.7. The van der Waals surface area contributed by atoms with E-state index in [1.807, 2.05) is 0 Å². The van der Waals surface area contributed by atoms with Crippen LogP contribution in [-0.4, -0.2) is 135 Å². The van der Waals surface area contributed by atoms with Crippen molar-refractivity contribution in [3.8, 4) is 17.2 Å². The van der Waals surface area contributed by atoms with E-state index in [-0.39, 0.29) is 47.0 Å². The molecule has 26 heteroatoms. The monoisotopic (exact) mass is 1010 g/mol. The SMILES string of the molecule is CCC[C@@H]1NC(=O)[C@@H](NC(=O)[C@H](C)NC(=O)CNC(=O)c2cc(O)ccc2O)CNC(=O)[C@H](CS(=O)(=O)O)NC(=O)/C=C/c2csc(n2)[C@@H](Cc2ccc(O)cc2)NC(=O)C(=O)[C@H](C(C)CC)NC1=O. The number of fused-ring (bicyclic) bond motifs is 2. The molecule has 2 heterocycles. The standard InChI is InChI=1S/C44H55N9O15S2/c1-5-7-29-41(63)53-36(22(3)6-2)37(59)43(65)51-30(16-24-8-11-26(54)12-9-24)44-48-25(20-69-44)10-15-34(57)49-32(21-70(66,67)68)40(62)45-18-31(42(64)50-29)52-38(60)23(4)47-35(58)19-46-39(61)28-17-27(55)13-14-33(28)56/h8-15,17,20,22-23,29-32,36,54-56H,5-7,16,18-19,21H2,1-4H3,(H,45,62)(H,46,61)(H,47,58)(H,49,57)(H,50,64)(H,51,65)(H,52,60)(H,53,63)(H,66,67,68)/b15-10+/t22?,23-,29-,30+,31-,32-,36-/m0/s1. The Morgan fingerprint density at radius 3 is 2.19 bits per heavy atom. The van der Waals surface area contributed by atoms with Crippen molar-refractivity contribution in [3.05, 3.63) is 75.7 Å². The van der Waals surface area contributed by atoms with Crippen molar-refractivity contribution in [2.75, 3.05) is 18.8 Å². The van der Waals surface area contributed by atoms with Gasteiger partial charge in [0, 0.05) is 18.0 Å². The van der Waals surface area contributed by atoms with Crippen LogP contribution in [0.1, 0.15) is 79.6 Å². The second-order valence-electron chi connectivity index (χ2n) is 16.2. The fourth-order valence-corrected chi connectivity index (χ4v) is 8.18. The molecular formula is C44H55N9O15S2.